The average molecular weight is 237 g/mol. The number of amides is 1. The molecule has 0 aromatic rings. The largest absolute Gasteiger partial charge is 0.338 e. The topological polar surface area (TPSA) is 20.3 Å². The van der Waals surface area contributed by atoms with Crippen LogP contribution in [0.2, 0.25) is 0 Å². The molecule has 0 bridgehead atoms. The molecule has 2 nitrogen and oxygen atoms in total. The van der Waals surface area contributed by atoms with Gasteiger partial charge in [-0.3, -0.25) is 4.79 Å². The van der Waals surface area contributed by atoms with E-state index in [1.54, 1.807) is 0 Å². The summed E-state index contributed by atoms with van der Waals surface area (Å²) in [6, 6.07) is 0. The zero-order chi connectivity index (χ0) is 12.7. The van der Waals surface area contributed by atoms with Gasteiger partial charge in [-0.05, 0) is 26.2 Å². The second-order valence-corrected chi connectivity index (χ2v) is 4.92. The molecule has 2 aliphatic rings. The van der Waals surface area contributed by atoms with Crippen molar-refractivity contribution in [1.29, 1.82) is 0 Å². The maximum atomic E-state index is 12.2. The van der Waals surface area contributed by atoms with Gasteiger partial charge in [0, 0.05) is 19.0 Å². The zero-order valence-electron chi connectivity index (χ0n) is 11.7. The molecule has 98 valence electrons. The van der Waals surface area contributed by atoms with Crippen LogP contribution in [0.15, 0.2) is 11.6 Å². The molecule has 1 aliphatic heterocycles. The third-order valence-electron chi connectivity index (χ3n) is 3.70. The van der Waals surface area contributed by atoms with Gasteiger partial charge in [-0.15, -0.1) is 0 Å². The summed E-state index contributed by atoms with van der Waals surface area (Å²) in [6.07, 6.45) is 9.33. The first-order valence-electron chi connectivity index (χ1n) is 7.22. The first-order chi connectivity index (χ1) is 8.27. The van der Waals surface area contributed by atoms with Gasteiger partial charge in [-0.2, -0.15) is 0 Å². The van der Waals surface area contributed by atoms with E-state index in [1.807, 2.05) is 18.7 Å². The third-order valence-corrected chi connectivity index (χ3v) is 3.70. The van der Waals surface area contributed by atoms with Gasteiger partial charge in [0.25, 0.3) is 0 Å². The van der Waals surface area contributed by atoms with Crippen molar-refractivity contribution in [2.24, 2.45) is 5.92 Å². The fraction of sp³-hybridized carbons (Fsp3) is 0.800. The number of carbonyl (C=O) groups is 1. The van der Waals surface area contributed by atoms with E-state index < -0.39 is 0 Å². The SMILES string of the molecule is CC.CC1=CCN(C(=O)C2CCCCC2)CC1. The Labute approximate surface area is 106 Å². The molecule has 0 radical (unpaired) electrons. The Morgan fingerprint density at radius 1 is 1.24 bits per heavy atom. The summed E-state index contributed by atoms with van der Waals surface area (Å²) in [5, 5.41) is 0. The molecule has 2 heteroatoms. The van der Waals surface area contributed by atoms with Crippen molar-refractivity contribution in [1.82, 2.24) is 4.90 Å². The monoisotopic (exact) mass is 237 g/mol. The third kappa shape index (κ3) is 4.18. The smallest absolute Gasteiger partial charge is 0.225 e. The van der Waals surface area contributed by atoms with E-state index >= 15 is 0 Å². The Morgan fingerprint density at radius 2 is 1.88 bits per heavy atom. The summed E-state index contributed by atoms with van der Waals surface area (Å²) in [6.45, 7) is 7.95. The summed E-state index contributed by atoms with van der Waals surface area (Å²) < 4.78 is 0. The molecule has 1 heterocycles. The normalized spacial score (nSPS) is 21.4. The zero-order valence-corrected chi connectivity index (χ0v) is 11.7. The van der Waals surface area contributed by atoms with Crippen LogP contribution in [0.4, 0.5) is 0 Å². The summed E-state index contributed by atoms with van der Waals surface area (Å²) in [4.78, 5) is 14.2. The van der Waals surface area contributed by atoms with Crippen molar-refractivity contribution in [2.75, 3.05) is 13.1 Å². The van der Waals surface area contributed by atoms with Crippen LogP contribution in [-0.2, 0) is 4.79 Å². The first-order valence-corrected chi connectivity index (χ1v) is 7.22. The van der Waals surface area contributed by atoms with Crippen LogP contribution in [0.5, 0.6) is 0 Å². The highest BCUT2D eigenvalue weighted by Crippen LogP contribution is 2.26. The lowest BCUT2D eigenvalue weighted by Crippen LogP contribution is -2.39. The van der Waals surface area contributed by atoms with Crippen molar-refractivity contribution >= 4 is 5.91 Å². The van der Waals surface area contributed by atoms with Crippen LogP contribution in [0.25, 0.3) is 0 Å². The molecular weight excluding hydrogens is 210 g/mol. The van der Waals surface area contributed by atoms with Gasteiger partial charge in [-0.1, -0.05) is 44.8 Å². The van der Waals surface area contributed by atoms with Gasteiger partial charge >= 0.3 is 0 Å². The molecule has 0 spiro atoms. The minimum Gasteiger partial charge on any atom is -0.338 e. The van der Waals surface area contributed by atoms with Gasteiger partial charge in [0.05, 0.1) is 0 Å². The molecule has 17 heavy (non-hydrogen) atoms. The van der Waals surface area contributed by atoms with Crippen molar-refractivity contribution in [3.63, 3.8) is 0 Å². The highest BCUT2D eigenvalue weighted by molar-refractivity contribution is 5.79. The summed E-state index contributed by atoms with van der Waals surface area (Å²) in [5.41, 5.74) is 1.43. The van der Waals surface area contributed by atoms with E-state index in [0.717, 1.165) is 32.4 Å². The van der Waals surface area contributed by atoms with Gasteiger partial charge in [0.2, 0.25) is 5.91 Å². The molecule has 0 unspecified atom stereocenters. The molecule has 1 aliphatic carbocycles. The summed E-state index contributed by atoms with van der Waals surface area (Å²) >= 11 is 0. The molecule has 0 aromatic carbocycles. The fourth-order valence-corrected chi connectivity index (χ4v) is 2.58. The molecule has 2 rings (SSSR count). The predicted molar refractivity (Wildman–Crippen MR) is 72.9 cm³/mol. The van der Waals surface area contributed by atoms with E-state index in [1.165, 1.54) is 24.8 Å². The lowest BCUT2D eigenvalue weighted by atomic mass is 9.88. The highest BCUT2D eigenvalue weighted by Gasteiger charge is 2.26. The number of hydrogen-bond donors (Lipinski definition) is 0. The second-order valence-electron chi connectivity index (χ2n) is 4.92. The van der Waals surface area contributed by atoms with Crippen LogP contribution in [-0.4, -0.2) is 23.9 Å². The van der Waals surface area contributed by atoms with Gasteiger partial charge in [0.1, 0.15) is 0 Å². The standard InChI is InChI=1S/C13H21NO.C2H6/c1-11-7-9-14(10-8-11)13(15)12-5-3-2-4-6-12;1-2/h7,12H,2-6,8-10H2,1H3;1-2H3. The highest BCUT2D eigenvalue weighted by atomic mass is 16.2. The minimum atomic E-state index is 0.338. The van der Waals surface area contributed by atoms with Crippen LogP contribution in [0, 0.1) is 5.92 Å². The van der Waals surface area contributed by atoms with Crippen molar-refractivity contribution < 1.29 is 4.79 Å². The van der Waals surface area contributed by atoms with Crippen molar-refractivity contribution in [3.8, 4) is 0 Å². The van der Waals surface area contributed by atoms with Crippen molar-refractivity contribution in [3.05, 3.63) is 11.6 Å². The number of rotatable bonds is 1. The lowest BCUT2D eigenvalue weighted by molar-refractivity contribution is -0.136. The molecule has 0 aromatic heterocycles. The lowest BCUT2D eigenvalue weighted by Gasteiger charge is -2.31. The molecule has 1 saturated carbocycles. The Hall–Kier alpha value is -0.790. The first kappa shape index (κ1) is 14.3. The quantitative estimate of drug-likeness (QED) is 0.636. The van der Waals surface area contributed by atoms with Crippen molar-refractivity contribution in [2.45, 2.75) is 59.3 Å². The predicted octanol–water partition coefficient (Wildman–Crippen LogP) is 3.77. The van der Waals surface area contributed by atoms with Gasteiger partial charge in [-0.25, -0.2) is 0 Å². The maximum Gasteiger partial charge on any atom is 0.225 e. The number of carbonyl (C=O) groups excluding carboxylic acids is 1. The maximum absolute atomic E-state index is 12.2. The molecule has 0 N–H and O–H groups in total. The summed E-state index contributed by atoms with van der Waals surface area (Å²) in [7, 11) is 0. The van der Waals surface area contributed by atoms with E-state index in [4.69, 9.17) is 0 Å². The molecule has 1 fully saturated rings. The fourth-order valence-electron chi connectivity index (χ4n) is 2.58. The van der Waals surface area contributed by atoms with Crippen LogP contribution >= 0.6 is 0 Å². The van der Waals surface area contributed by atoms with Crippen LogP contribution in [0.3, 0.4) is 0 Å². The Morgan fingerprint density at radius 3 is 2.41 bits per heavy atom. The second kappa shape index (κ2) is 7.52. The Balaban J connectivity index is 0.000000686. The van der Waals surface area contributed by atoms with Gasteiger partial charge < -0.3 is 4.90 Å². The van der Waals surface area contributed by atoms with Crippen LogP contribution in [0.1, 0.15) is 59.3 Å². The molecular formula is C15H27NO. The molecule has 0 atom stereocenters. The van der Waals surface area contributed by atoms with Gasteiger partial charge in [0.15, 0.2) is 0 Å². The van der Waals surface area contributed by atoms with E-state index in [0.29, 0.717) is 11.8 Å². The summed E-state index contributed by atoms with van der Waals surface area (Å²) in [5.74, 6) is 0.754. The minimum absolute atomic E-state index is 0.338. The Kier molecular flexibility index (Phi) is 6.31. The molecule has 0 saturated heterocycles. The average Bonchev–Trinajstić information content (AvgIpc) is 2.42. The number of hydrogen-bond acceptors (Lipinski definition) is 1. The van der Waals surface area contributed by atoms with E-state index in [2.05, 4.69) is 13.0 Å². The Bertz CT molecular complexity index is 264. The van der Waals surface area contributed by atoms with E-state index in [-0.39, 0.29) is 0 Å². The molecule has 1 amide bonds. The number of nitrogens with zero attached hydrogens (tertiary/aromatic N) is 1. The van der Waals surface area contributed by atoms with E-state index in [9.17, 15) is 4.79 Å². The van der Waals surface area contributed by atoms with Crippen LogP contribution < -0.4 is 0 Å².